The van der Waals surface area contributed by atoms with Gasteiger partial charge in [0.25, 0.3) is 0 Å². The normalized spacial score (nSPS) is 10.6. The van der Waals surface area contributed by atoms with E-state index in [1.165, 1.54) is 0 Å². The van der Waals surface area contributed by atoms with Gasteiger partial charge in [-0.1, -0.05) is 40.2 Å². The largest absolute Gasteiger partial charge is 0.265 e. The van der Waals surface area contributed by atoms with Crippen molar-refractivity contribution in [2.45, 2.75) is 13.8 Å². The number of nitrogens with zero attached hydrogens (tertiary/aromatic N) is 1. The first-order valence-electron chi connectivity index (χ1n) is 5.58. The van der Waals surface area contributed by atoms with Gasteiger partial charge >= 0.3 is 0 Å². The van der Waals surface area contributed by atoms with E-state index in [-0.39, 0.29) is 0 Å². The Morgan fingerprint density at radius 3 is 1.94 bits per heavy atom. The van der Waals surface area contributed by atoms with E-state index < -0.39 is 0 Å². The standard InChI is InChI=1S/C13H9B4N/c1-6-7(2)13(17)18-12(11(6)16)8-3-9(14)5-10(15)4-8/h3-5H,1-2H3. The molecule has 2 aromatic rings. The van der Waals surface area contributed by atoms with Crippen LogP contribution < -0.4 is 22.0 Å². The molecular formula is C13H9B4N. The maximum absolute atomic E-state index is 6.08. The molecule has 0 bridgehead atoms. The van der Waals surface area contributed by atoms with Crippen LogP contribution in [0.5, 0.6) is 0 Å². The van der Waals surface area contributed by atoms with Crippen LogP contribution in [0.2, 0.25) is 0 Å². The fourth-order valence-electron chi connectivity index (χ4n) is 1.87. The lowest BCUT2D eigenvalue weighted by molar-refractivity contribution is 1.29. The van der Waals surface area contributed by atoms with Crippen LogP contribution in [0.4, 0.5) is 0 Å². The second-order valence-electron chi connectivity index (χ2n) is 4.40. The van der Waals surface area contributed by atoms with Crippen molar-refractivity contribution in [2.75, 3.05) is 0 Å². The van der Waals surface area contributed by atoms with Gasteiger partial charge in [0.1, 0.15) is 31.4 Å². The number of hydrogen-bond donors (Lipinski definition) is 0. The SMILES string of the molecule is [B]c1cc([B])cc(-c2nc([B])c(C)c(C)c2[B])c1. The van der Waals surface area contributed by atoms with Crippen molar-refractivity contribution in [1.29, 1.82) is 0 Å². The highest BCUT2D eigenvalue weighted by atomic mass is 14.7. The van der Waals surface area contributed by atoms with Gasteiger partial charge in [0.2, 0.25) is 0 Å². The number of pyridine rings is 1. The van der Waals surface area contributed by atoms with Crippen molar-refractivity contribution in [3.63, 3.8) is 0 Å². The summed E-state index contributed by atoms with van der Waals surface area (Å²) in [5.74, 6) is 0. The minimum Gasteiger partial charge on any atom is -0.265 e. The molecule has 0 saturated heterocycles. The Morgan fingerprint density at radius 2 is 1.39 bits per heavy atom. The van der Waals surface area contributed by atoms with Crippen LogP contribution in [-0.2, 0) is 0 Å². The van der Waals surface area contributed by atoms with Crippen LogP contribution >= 0.6 is 0 Å². The number of benzene rings is 1. The predicted molar refractivity (Wildman–Crippen MR) is 80.7 cm³/mol. The highest BCUT2D eigenvalue weighted by molar-refractivity contribution is 6.40. The number of aromatic nitrogens is 1. The van der Waals surface area contributed by atoms with Gasteiger partial charge in [0.15, 0.2) is 0 Å². The molecule has 78 valence electrons. The molecule has 0 aliphatic carbocycles. The topological polar surface area (TPSA) is 12.9 Å². The quantitative estimate of drug-likeness (QED) is 0.538. The van der Waals surface area contributed by atoms with Crippen LogP contribution in [0.1, 0.15) is 11.1 Å². The van der Waals surface area contributed by atoms with Gasteiger partial charge in [-0.15, -0.1) is 0 Å². The Hall–Kier alpha value is -1.37. The molecule has 0 fully saturated rings. The summed E-state index contributed by atoms with van der Waals surface area (Å²) in [5, 5.41) is 0. The number of rotatable bonds is 1. The van der Waals surface area contributed by atoms with Gasteiger partial charge in [-0.25, -0.2) is 0 Å². The zero-order valence-corrected chi connectivity index (χ0v) is 10.5. The lowest BCUT2D eigenvalue weighted by Crippen LogP contribution is -2.26. The average molecular weight is 222 g/mol. The molecule has 0 amide bonds. The van der Waals surface area contributed by atoms with Gasteiger partial charge in [-0.05, 0) is 30.6 Å². The fraction of sp³-hybridized carbons (Fsp3) is 0.154. The molecule has 5 heteroatoms. The Kier molecular flexibility index (Phi) is 3.43. The molecule has 0 spiro atoms. The summed E-state index contributed by atoms with van der Waals surface area (Å²) < 4.78 is 0. The first-order valence-corrected chi connectivity index (χ1v) is 5.58. The highest BCUT2D eigenvalue weighted by Gasteiger charge is 2.10. The van der Waals surface area contributed by atoms with E-state index >= 15 is 0 Å². The Bertz CT molecular complexity index is 603. The fourth-order valence-corrected chi connectivity index (χ4v) is 1.87. The Labute approximate surface area is 113 Å². The highest BCUT2D eigenvalue weighted by Crippen LogP contribution is 2.13. The van der Waals surface area contributed by atoms with Crippen LogP contribution in [0.3, 0.4) is 0 Å². The van der Waals surface area contributed by atoms with E-state index in [4.69, 9.17) is 31.4 Å². The van der Waals surface area contributed by atoms with Gasteiger partial charge in [0, 0.05) is 0 Å². The van der Waals surface area contributed by atoms with Crippen molar-refractivity contribution < 1.29 is 0 Å². The lowest BCUT2D eigenvalue weighted by Gasteiger charge is -2.15. The third-order valence-corrected chi connectivity index (χ3v) is 3.09. The average Bonchev–Trinajstić information content (AvgIpc) is 2.30. The molecule has 18 heavy (non-hydrogen) atoms. The maximum atomic E-state index is 6.08. The lowest BCUT2D eigenvalue weighted by atomic mass is 9.79. The zero-order chi connectivity index (χ0) is 13.4. The van der Waals surface area contributed by atoms with Gasteiger partial charge in [0.05, 0.1) is 5.69 Å². The summed E-state index contributed by atoms with van der Waals surface area (Å²) in [7, 11) is 23.5. The molecule has 2 rings (SSSR count). The second kappa shape index (κ2) is 4.72. The van der Waals surface area contributed by atoms with E-state index in [0.29, 0.717) is 27.7 Å². The third kappa shape index (κ3) is 2.27. The smallest absolute Gasteiger partial charge is 0.142 e. The molecule has 0 N–H and O–H groups in total. The van der Waals surface area contributed by atoms with Crippen LogP contribution in [0, 0.1) is 13.8 Å². The summed E-state index contributed by atoms with van der Waals surface area (Å²) in [5.41, 5.74) is 5.44. The van der Waals surface area contributed by atoms with E-state index in [2.05, 4.69) is 4.98 Å². The molecule has 0 unspecified atom stereocenters. The number of hydrogen-bond acceptors (Lipinski definition) is 1. The minimum atomic E-state index is 0.470. The van der Waals surface area contributed by atoms with Crippen molar-refractivity contribution in [2.24, 2.45) is 0 Å². The van der Waals surface area contributed by atoms with E-state index in [0.717, 1.165) is 16.7 Å². The summed E-state index contributed by atoms with van der Waals surface area (Å²) in [6.45, 7) is 3.81. The van der Waals surface area contributed by atoms with Crippen LogP contribution in [0.25, 0.3) is 11.3 Å². The molecule has 0 atom stereocenters. The molecule has 1 aromatic carbocycles. The van der Waals surface area contributed by atoms with Crippen molar-refractivity contribution in [1.82, 2.24) is 4.98 Å². The molecule has 1 heterocycles. The third-order valence-electron chi connectivity index (χ3n) is 3.09. The van der Waals surface area contributed by atoms with Crippen LogP contribution in [-0.4, -0.2) is 36.4 Å². The van der Waals surface area contributed by atoms with E-state index in [1.54, 1.807) is 18.2 Å². The monoisotopic (exact) mass is 223 g/mol. The molecule has 0 aliphatic rings. The second-order valence-corrected chi connectivity index (χ2v) is 4.40. The predicted octanol–water partition coefficient (Wildman–Crippen LogP) is -1.46. The summed E-state index contributed by atoms with van der Waals surface area (Å²) >= 11 is 0. The molecule has 0 saturated carbocycles. The Balaban J connectivity index is 2.71. The first-order chi connectivity index (χ1) is 8.40. The minimum absolute atomic E-state index is 0.470. The summed E-state index contributed by atoms with van der Waals surface area (Å²) in [4.78, 5) is 4.33. The zero-order valence-electron chi connectivity index (χ0n) is 10.5. The molecule has 1 nitrogen and oxygen atoms in total. The molecule has 8 radical (unpaired) electrons. The summed E-state index contributed by atoms with van der Waals surface area (Å²) in [6.07, 6.45) is 0. The van der Waals surface area contributed by atoms with Gasteiger partial charge in [-0.3, -0.25) is 4.98 Å². The van der Waals surface area contributed by atoms with E-state index in [1.807, 2.05) is 13.8 Å². The first kappa shape index (κ1) is 13.1. The van der Waals surface area contributed by atoms with Crippen molar-refractivity contribution >= 4 is 53.4 Å². The van der Waals surface area contributed by atoms with Gasteiger partial charge < -0.3 is 0 Å². The van der Waals surface area contributed by atoms with Gasteiger partial charge in [-0.2, -0.15) is 0 Å². The summed E-state index contributed by atoms with van der Waals surface area (Å²) in [6, 6.07) is 5.25. The Morgan fingerprint density at radius 1 is 0.833 bits per heavy atom. The van der Waals surface area contributed by atoms with Crippen molar-refractivity contribution in [3.05, 3.63) is 29.3 Å². The van der Waals surface area contributed by atoms with Crippen molar-refractivity contribution in [3.8, 4) is 11.3 Å². The maximum Gasteiger partial charge on any atom is 0.142 e. The molecular weight excluding hydrogens is 213 g/mol. The molecule has 1 aromatic heterocycles. The molecule has 0 aliphatic heterocycles. The van der Waals surface area contributed by atoms with Crippen LogP contribution in [0.15, 0.2) is 18.2 Å². The van der Waals surface area contributed by atoms with E-state index in [9.17, 15) is 0 Å².